The van der Waals surface area contributed by atoms with E-state index in [0.717, 1.165) is 13.1 Å². The number of carbonyl (C=O) groups excluding carboxylic acids is 1. The lowest BCUT2D eigenvalue weighted by Gasteiger charge is -2.16. The van der Waals surface area contributed by atoms with Gasteiger partial charge < -0.3 is 15.1 Å². The molecule has 90 valence electrons. The molecular weight excluding hydrogens is 212 g/mol. The van der Waals surface area contributed by atoms with Crippen LogP contribution in [0.15, 0.2) is 12.1 Å². The molecule has 0 aromatic carbocycles. The molecule has 0 fully saturated rings. The zero-order valence-corrected chi connectivity index (χ0v) is 9.38. The molecule has 0 unspecified atom stereocenters. The number of hydrogen-bond donors (Lipinski definition) is 2. The van der Waals surface area contributed by atoms with Crippen molar-refractivity contribution in [1.82, 2.24) is 9.63 Å². The van der Waals surface area contributed by atoms with Crippen molar-refractivity contribution in [2.75, 3.05) is 19.6 Å². The quantitative estimate of drug-likeness (QED) is 0.752. The molecular formula is C10H16N2O4. The second-order valence-electron chi connectivity index (χ2n) is 3.27. The molecule has 1 heterocycles. The molecule has 16 heavy (non-hydrogen) atoms. The van der Waals surface area contributed by atoms with E-state index in [9.17, 15) is 15.0 Å². The summed E-state index contributed by atoms with van der Waals surface area (Å²) in [7, 11) is 0. The van der Waals surface area contributed by atoms with Gasteiger partial charge in [-0.25, -0.2) is 4.79 Å². The minimum atomic E-state index is -0.537. The van der Waals surface area contributed by atoms with Crippen LogP contribution in [0.1, 0.15) is 13.8 Å². The maximum atomic E-state index is 11.4. The van der Waals surface area contributed by atoms with Gasteiger partial charge in [0, 0.05) is 12.1 Å². The van der Waals surface area contributed by atoms with Crippen molar-refractivity contribution in [1.29, 1.82) is 0 Å². The average molecular weight is 228 g/mol. The third-order valence-electron chi connectivity index (χ3n) is 2.24. The third-order valence-corrected chi connectivity index (χ3v) is 2.24. The Hall–Kier alpha value is -1.69. The van der Waals surface area contributed by atoms with Gasteiger partial charge in [-0.15, -0.1) is 4.73 Å². The summed E-state index contributed by atoms with van der Waals surface area (Å²) in [6, 6.07) is 2.47. The monoisotopic (exact) mass is 228 g/mol. The van der Waals surface area contributed by atoms with Gasteiger partial charge in [0.2, 0.25) is 11.8 Å². The highest BCUT2D eigenvalue weighted by atomic mass is 16.7. The van der Waals surface area contributed by atoms with Gasteiger partial charge in [-0.05, 0) is 13.1 Å². The van der Waals surface area contributed by atoms with Crippen molar-refractivity contribution >= 4 is 5.97 Å². The highest BCUT2D eigenvalue weighted by Gasteiger charge is 2.14. The highest BCUT2D eigenvalue weighted by molar-refractivity contribution is 5.72. The average Bonchev–Trinajstić information content (AvgIpc) is 2.57. The molecule has 2 N–H and O–H groups in total. The topological polar surface area (TPSA) is 74.9 Å². The Bertz CT molecular complexity index is 338. The number of hydrogen-bond acceptors (Lipinski definition) is 5. The van der Waals surface area contributed by atoms with Crippen LogP contribution < -0.4 is 4.84 Å². The predicted octanol–water partition coefficient (Wildman–Crippen LogP) is 0.196. The van der Waals surface area contributed by atoms with E-state index < -0.39 is 5.97 Å². The number of carbonyl (C=O) groups is 1. The summed E-state index contributed by atoms with van der Waals surface area (Å²) in [5, 5.41) is 18.5. The first-order valence-electron chi connectivity index (χ1n) is 5.11. The third kappa shape index (κ3) is 2.90. The van der Waals surface area contributed by atoms with Crippen molar-refractivity contribution in [3.05, 3.63) is 12.1 Å². The molecule has 1 aromatic rings. The normalized spacial score (nSPS) is 10.7. The second kappa shape index (κ2) is 5.41. The lowest BCUT2D eigenvalue weighted by atomic mass is 10.5. The van der Waals surface area contributed by atoms with Crippen molar-refractivity contribution in [2.24, 2.45) is 0 Å². The summed E-state index contributed by atoms with van der Waals surface area (Å²) < 4.78 is 0.686. The van der Waals surface area contributed by atoms with Crippen LogP contribution in [0.25, 0.3) is 0 Å². The van der Waals surface area contributed by atoms with Gasteiger partial charge in [-0.2, -0.15) is 0 Å². The van der Waals surface area contributed by atoms with E-state index in [2.05, 4.69) is 0 Å². The van der Waals surface area contributed by atoms with Crippen LogP contribution >= 0.6 is 0 Å². The van der Waals surface area contributed by atoms with Crippen LogP contribution in [0.3, 0.4) is 0 Å². The standard InChI is InChI=1S/C10H16N2O4/c1-3-11(4-2)7-10(15)16-12-8(13)5-6-9(12)14/h5-6,13-14H,3-4,7H2,1-2H3. The molecule has 0 aliphatic heterocycles. The summed E-state index contributed by atoms with van der Waals surface area (Å²) >= 11 is 0. The molecule has 6 heteroatoms. The van der Waals surface area contributed by atoms with Crippen LogP contribution in [-0.4, -0.2) is 45.4 Å². The molecule has 0 saturated heterocycles. The summed E-state index contributed by atoms with van der Waals surface area (Å²) in [5.74, 6) is -1.17. The summed E-state index contributed by atoms with van der Waals surface area (Å²) in [4.78, 5) is 18.1. The number of aromatic hydroxyl groups is 2. The van der Waals surface area contributed by atoms with Gasteiger partial charge in [0.1, 0.15) is 0 Å². The van der Waals surface area contributed by atoms with Crippen LogP contribution in [0.4, 0.5) is 0 Å². The highest BCUT2D eigenvalue weighted by Crippen LogP contribution is 2.18. The fourth-order valence-electron chi connectivity index (χ4n) is 1.26. The molecule has 0 bridgehead atoms. The molecule has 0 aliphatic carbocycles. The SMILES string of the molecule is CCN(CC)CC(=O)On1c(O)ccc1O. The van der Waals surface area contributed by atoms with Gasteiger partial charge in [-0.1, -0.05) is 13.8 Å². The molecule has 0 aliphatic rings. The van der Waals surface area contributed by atoms with Gasteiger partial charge in [0.25, 0.3) is 0 Å². The first-order valence-corrected chi connectivity index (χ1v) is 5.11. The first kappa shape index (κ1) is 12.4. The lowest BCUT2D eigenvalue weighted by Crippen LogP contribution is -2.34. The molecule has 0 atom stereocenters. The van der Waals surface area contributed by atoms with E-state index in [-0.39, 0.29) is 18.3 Å². The van der Waals surface area contributed by atoms with Crippen LogP contribution in [-0.2, 0) is 4.79 Å². The number of rotatable bonds is 5. The zero-order chi connectivity index (χ0) is 12.1. The largest absolute Gasteiger partial charge is 0.492 e. The minimum absolute atomic E-state index is 0.115. The molecule has 1 aromatic heterocycles. The molecule has 0 saturated carbocycles. The van der Waals surface area contributed by atoms with E-state index >= 15 is 0 Å². The Morgan fingerprint density at radius 1 is 1.31 bits per heavy atom. The number of nitrogens with zero attached hydrogens (tertiary/aromatic N) is 2. The Morgan fingerprint density at radius 3 is 2.25 bits per heavy atom. The molecule has 0 amide bonds. The maximum Gasteiger partial charge on any atom is 0.347 e. The molecule has 1 rings (SSSR count). The fraction of sp³-hybridized carbons (Fsp3) is 0.500. The van der Waals surface area contributed by atoms with Gasteiger partial charge in [-0.3, -0.25) is 4.90 Å². The summed E-state index contributed by atoms with van der Waals surface area (Å²) in [6.07, 6.45) is 0. The predicted molar refractivity (Wildman–Crippen MR) is 57.1 cm³/mol. The van der Waals surface area contributed by atoms with Gasteiger partial charge in [0.05, 0.1) is 6.54 Å². The van der Waals surface area contributed by atoms with Crippen LogP contribution in [0.5, 0.6) is 11.8 Å². The van der Waals surface area contributed by atoms with Crippen molar-refractivity contribution in [2.45, 2.75) is 13.8 Å². The fourth-order valence-corrected chi connectivity index (χ4v) is 1.26. The van der Waals surface area contributed by atoms with Crippen molar-refractivity contribution < 1.29 is 19.8 Å². The van der Waals surface area contributed by atoms with E-state index in [1.807, 2.05) is 18.7 Å². The summed E-state index contributed by atoms with van der Waals surface area (Å²) in [5.41, 5.74) is 0. The molecule has 6 nitrogen and oxygen atoms in total. The Labute approximate surface area is 93.6 Å². The molecule has 0 radical (unpaired) electrons. The first-order chi connectivity index (χ1) is 7.58. The summed E-state index contributed by atoms with van der Waals surface area (Å²) in [6.45, 7) is 5.44. The number of likely N-dealkylation sites (N-methyl/N-ethyl adjacent to an activating group) is 1. The number of aromatic nitrogens is 1. The van der Waals surface area contributed by atoms with Crippen molar-refractivity contribution in [3.8, 4) is 11.8 Å². The minimum Gasteiger partial charge on any atom is -0.492 e. The zero-order valence-electron chi connectivity index (χ0n) is 9.38. The van der Waals surface area contributed by atoms with E-state index in [1.54, 1.807) is 0 Å². The Morgan fingerprint density at radius 2 is 1.81 bits per heavy atom. The van der Waals surface area contributed by atoms with Gasteiger partial charge in [0.15, 0.2) is 0 Å². The smallest absolute Gasteiger partial charge is 0.347 e. The Kier molecular flexibility index (Phi) is 4.19. The van der Waals surface area contributed by atoms with Crippen LogP contribution in [0.2, 0.25) is 0 Å². The second-order valence-corrected chi connectivity index (χ2v) is 3.27. The lowest BCUT2D eigenvalue weighted by molar-refractivity contribution is -0.146. The Balaban J connectivity index is 2.58. The van der Waals surface area contributed by atoms with E-state index in [1.165, 1.54) is 12.1 Å². The maximum absolute atomic E-state index is 11.4. The van der Waals surface area contributed by atoms with Gasteiger partial charge >= 0.3 is 5.97 Å². The van der Waals surface area contributed by atoms with E-state index in [0.29, 0.717) is 4.73 Å². The van der Waals surface area contributed by atoms with E-state index in [4.69, 9.17) is 4.84 Å². The molecule has 0 spiro atoms. The van der Waals surface area contributed by atoms with Crippen LogP contribution in [0, 0.1) is 0 Å². The van der Waals surface area contributed by atoms with Crippen molar-refractivity contribution in [3.63, 3.8) is 0 Å².